The SMILES string of the molecule is O=C(S)NCCCCCCCC(=O)NC1CCCCC1. The van der Waals surface area contributed by atoms with Crippen molar-refractivity contribution < 1.29 is 9.59 Å². The molecule has 0 spiro atoms. The van der Waals surface area contributed by atoms with Gasteiger partial charge in [0.15, 0.2) is 0 Å². The van der Waals surface area contributed by atoms with Crippen LogP contribution in [0.15, 0.2) is 0 Å². The second-order valence-corrected chi connectivity index (χ2v) is 6.06. The lowest BCUT2D eigenvalue weighted by Gasteiger charge is -2.22. The van der Waals surface area contributed by atoms with E-state index in [-0.39, 0.29) is 11.1 Å². The topological polar surface area (TPSA) is 58.2 Å². The third-order valence-corrected chi connectivity index (χ3v) is 3.99. The number of hydrogen-bond acceptors (Lipinski definition) is 2. The van der Waals surface area contributed by atoms with Gasteiger partial charge in [0.1, 0.15) is 0 Å². The van der Waals surface area contributed by atoms with Crippen molar-refractivity contribution in [1.29, 1.82) is 0 Å². The van der Waals surface area contributed by atoms with Crippen molar-refractivity contribution in [2.75, 3.05) is 6.54 Å². The molecule has 20 heavy (non-hydrogen) atoms. The van der Waals surface area contributed by atoms with Crippen LogP contribution in [0.4, 0.5) is 4.79 Å². The van der Waals surface area contributed by atoms with Gasteiger partial charge in [-0.15, -0.1) is 0 Å². The van der Waals surface area contributed by atoms with Gasteiger partial charge in [-0.2, -0.15) is 0 Å². The Morgan fingerprint density at radius 1 is 0.950 bits per heavy atom. The summed E-state index contributed by atoms with van der Waals surface area (Å²) in [6.45, 7) is 0.699. The highest BCUT2D eigenvalue weighted by molar-refractivity contribution is 7.96. The smallest absolute Gasteiger partial charge is 0.275 e. The lowest BCUT2D eigenvalue weighted by atomic mass is 9.95. The maximum absolute atomic E-state index is 11.8. The first-order valence-corrected chi connectivity index (χ1v) is 8.39. The molecule has 116 valence electrons. The number of rotatable bonds is 9. The third kappa shape index (κ3) is 9.23. The summed E-state index contributed by atoms with van der Waals surface area (Å²) in [5.74, 6) is 0.222. The molecule has 0 bridgehead atoms. The van der Waals surface area contributed by atoms with Crippen LogP contribution in [-0.2, 0) is 4.79 Å². The van der Waals surface area contributed by atoms with Crippen LogP contribution in [0.25, 0.3) is 0 Å². The molecule has 1 saturated carbocycles. The summed E-state index contributed by atoms with van der Waals surface area (Å²) in [7, 11) is 0. The maximum Gasteiger partial charge on any atom is 0.275 e. The minimum absolute atomic E-state index is 0.222. The number of amides is 2. The van der Waals surface area contributed by atoms with Crippen molar-refractivity contribution in [1.82, 2.24) is 10.6 Å². The van der Waals surface area contributed by atoms with Crippen LogP contribution in [0.5, 0.6) is 0 Å². The molecule has 0 aromatic heterocycles. The Balaban J connectivity index is 1.87. The molecule has 0 radical (unpaired) electrons. The molecule has 0 aliphatic heterocycles. The fourth-order valence-corrected chi connectivity index (χ4v) is 2.79. The number of thiol groups is 1. The van der Waals surface area contributed by atoms with Gasteiger partial charge in [0.05, 0.1) is 0 Å². The van der Waals surface area contributed by atoms with E-state index in [4.69, 9.17) is 0 Å². The highest BCUT2D eigenvalue weighted by atomic mass is 32.1. The summed E-state index contributed by atoms with van der Waals surface area (Å²) in [5.41, 5.74) is 0. The van der Waals surface area contributed by atoms with Gasteiger partial charge in [0.2, 0.25) is 5.91 Å². The summed E-state index contributed by atoms with van der Waals surface area (Å²) in [5, 5.41) is 5.55. The predicted octanol–water partition coefficient (Wildman–Crippen LogP) is 3.42. The first-order valence-electron chi connectivity index (χ1n) is 7.94. The molecule has 0 aromatic rings. The quantitative estimate of drug-likeness (QED) is 0.451. The highest BCUT2D eigenvalue weighted by Gasteiger charge is 2.14. The molecular formula is C15H28N2O2S. The third-order valence-electron chi connectivity index (χ3n) is 3.83. The van der Waals surface area contributed by atoms with Gasteiger partial charge >= 0.3 is 0 Å². The Hall–Kier alpha value is -0.710. The molecule has 1 aliphatic carbocycles. The van der Waals surface area contributed by atoms with Crippen LogP contribution in [0, 0.1) is 0 Å². The molecule has 0 atom stereocenters. The summed E-state index contributed by atoms with van der Waals surface area (Å²) in [6, 6.07) is 0.432. The lowest BCUT2D eigenvalue weighted by Crippen LogP contribution is -2.35. The van der Waals surface area contributed by atoms with Gasteiger partial charge in [0, 0.05) is 19.0 Å². The molecule has 2 amide bonds. The van der Waals surface area contributed by atoms with Gasteiger partial charge in [-0.25, -0.2) is 0 Å². The number of carbonyl (C=O) groups is 2. The predicted molar refractivity (Wildman–Crippen MR) is 85.1 cm³/mol. The van der Waals surface area contributed by atoms with Crippen LogP contribution in [0.1, 0.15) is 70.6 Å². The number of carbonyl (C=O) groups excluding carboxylic acids is 2. The molecule has 4 nitrogen and oxygen atoms in total. The molecule has 0 unspecified atom stereocenters. The monoisotopic (exact) mass is 300 g/mol. The molecule has 0 heterocycles. The molecule has 2 N–H and O–H groups in total. The van der Waals surface area contributed by atoms with E-state index >= 15 is 0 Å². The van der Waals surface area contributed by atoms with Crippen molar-refractivity contribution in [2.45, 2.75) is 76.7 Å². The average Bonchev–Trinajstić information content (AvgIpc) is 2.42. The Morgan fingerprint density at radius 2 is 1.60 bits per heavy atom. The Kier molecular flexibility index (Phi) is 9.54. The van der Waals surface area contributed by atoms with E-state index in [1.54, 1.807) is 0 Å². The van der Waals surface area contributed by atoms with E-state index in [0.29, 0.717) is 19.0 Å². The maximum atomic E-state index is 11.8. The second-order valence-electron chi connectivity index (χ2n) is 5.65. The van der Waals surface area contributed by atoms with Gasteiger partial charge in [-0.05, 0) is 25.7 Å². The van der Waals surface area contributed by atoms with Crippen molar-refractivity contribution in [3.8, 4) is 0 Å². The van der Waals surface area contributed by atoms with Gasteiger partial charge in [-0.1, -0.05) is 51.2 Å². The van der Waals surface area contributed by atoms with Crippen molar-refractivity contribution in [3.05, 3.63) is 0 Å². The largest absolute Gasteiger partial charge is 0.353 e. The number of nitrogens with one attached hydrogen (secondary N) is 2. The van der Waals surface area contributed by atoms with Crippen LogP contribution in [0.3, 0.4) is 0 Å². The molecule has 1 fully saturated rings. The molecule has 1 aliphatic rings. The zero-order chi connectivity index (χ0) is 14.6. The van der Waals surface area contributed by atoms with Crippen LogP contribution in [-0.4, -0.2) is 23.7 Å². The Bertz CT molecular complexity index is 292. The van der Waals surface area contributed by atoms with Gasteiger partial charge in [0.25, 0.3) is 5.24 Å². The van der Waals surface area contributed by atoms with Crippen molar-refractivity contribution >= 4 is 23.8 Å². The molecule has 5 heteroatoms. The van der Waals surface area contributed by atoms with Gasteiger partial charge in [-0.3, -0.25) is 9.59 Å². The second kappa shape index (κ2) is 11.0. The standard InChI is InChI=1S/C15H28N2O2S/c18-14(17-13-9-5-4-6-10-13)11-7-2-1-3-8-12-16-15(19)20/h13H,1-12H2,(H,17,18)(H2,16,19,20). The number of hydrogen-bond donors (Lipinski definition) is 3. The number of unbranched alkanes of at least 4 members (excludes halogenated alkanes) is 4. The fourth-order valence-electron chi connectivity index (χ4n) is 2.68. The van der Waals surface area contributed by atoms with E-state index < -0.39 is 0 Å². The van der Waals surface area contributed by atoms with Crippen molar-refractivity contribution in [3.63, 3.8) is 0 Å². The van der Waals surface area contributed by atoms with E-state index in [9.17, 15) is 9.59 Å². The fraction of sp³-hybridized carbons (Fsp3) is 0.867. The zero-order valence-corrected chi connectivity index (χ0v) is 13.2. The minimum atomic E-state index is -0.260. The van der Waals surface area contributed by atoms with Crippen LogP contribution >= 0.6 is 12.6 Å². The summed E-state index contributed by atoms with van der Waals surface area (Å²) in [4.78, 5) is 22.3. The molecule has 0 saturated heterocycles. The first kappa shape index (κ1) is 17.3. The van der Waals surface area contributed by atoms with E-state index in [2.05, 4.69) is 23.3 Å². The summed E-state index contributed by atoms with van der Waals surface area (Å²) >= 11 is 3.64. The van der Waals surface area contributed by atoms with E-state index in [1.807, 2.05) is 0 Å². The van der Waals surface area contributed by atoms with Crippen molar-refractivity contribution in [2.24, 2.45) is 0 Å². The lowest BCUT2D eigenvalue weighted by molar-refractivity contribution is -0.122. The molecular weight excluding hydrogens is 272 g/mol. The molecule has 0 aromatic carbocycles. The highest BCUT2D eigenvalue weighted by Crippen LogP contribution is 2.17. The van der Waals surface area contributed by atoms with E-state index in [0.717, 1.165) is 44.9 Å². The van der Waals surface area contributed by atoms with Gasteiger partial charge < -0.3 is 10.6 Å². The normalized spacial score (nSPS) is 15.8. The molecule has 1 rings (SSSR count). The Labute approximate surface area is 127 Å². The zero-order valence-electron chi connectivity index (χ0n) is 12.3. The van der Waals surface area contributed by atoms with Crippen LogP contribution < -0.4 is 10.6 Å². The van der Waals surface area contributed by atoms with E-state index in [1.165, 1.54) is 19.3 Å². The summed E-state index contributed by atoms with van der Waals surface area (Å²) in [6.07, 6.45) is 12.1. The average molecular weight is 300 g/mol. The first-order chi connectivity index (χ1) is 9.68. The minimum Gasteiger partial charge on any atom is -0.353 e. The Morgan fingerprint density at radius 3 is 2.30 bits per heavy atom. The summed E-state index contributed by atoms with van der Waals surface area (Å²) < 4.78 is 0. The van der Waals surface area contributed by atoms with Crippen LogP contribution in [0.2, 0.25) is 0 Å².